The van der Waals surface area contributed by atoms with Gasteiger partial charge in [0, 0.05) is 37.6 Å². The molecule has 0 aliphatic rings. The van der Waals surface area contributed by atoms with Gasteiger partial charge in [-0.05, 0) is 11.6 Å². The molecule has 0 fully saturated rings. The average molecular weight is 244 g/mol. The molecule has 0 saturated heterocycles. The second-order valence-corrected chi connectivity index (χ2v) is 3.96. The van der Waals surface area contributed by atoms with Crippen LogP contribution in [0.15, 0.2) is 43.0 Å². The number of nitrogens with one attached hydrogen (secondary N) is 1. The molecule has 0 bridgehead atoms. The Kier molecular flexibility index (Phi) is 4.09. The summed E-state index contributed by atoms with van der Waals surface area (Å²) in [7, 11) is 0. The molecule has 0 atom stereocenters. The van der Waals surface area contributed by atoms with Crippen LogP contribution in [-0.2, 0) is 17.9 Å². The standard InChI is InChI=1S/C13H16N4O/c14-9-11-3-1-2-4-12(11)16-13(18)5-7-17-8-6-15-10-17/h1-4,6,8,10H,5,7,9,14H2,(H,16,18). The molecule has 1 heterocycles. The van der Waals surface area contributed by atoms with Crippen molar-refractivity contribution in [1.82, 2.24) is 9.55 Å². The molecule has 18 heavy (non-hydrogen) atoms. The van der Waals surface area contributed by atoms with Crippen molar-refractivity contribution >= 4 is 11.6 Å². The number of anilines is 1. The van der Waals surface area contributed by atoms with Crippen LogP contribution in [-0.4, -0.2) is 15.5 Å². The highest BCUT2D eigenvalue weighted by Gasteiger charge is 2.05. The Balaban J connectivity index is 1.90. The number of nitrogens with zero attached hydrogens (tertiary/aromatic N) is 2. The molecule has 1 amide bonds. The summed E-state index contributed by atoms with van der Waals surface area (Å²) in [5.74, 6) is -0.0235. The molecule has 0 spiro atoms. The molecule has 3 N–H and O–H groups in total. The SMILES string of the molecule is NCc1ccccc1NC(=O)CCn1ccnc1. The lowest BCUT2D eigenvalue weighted by Crippen LogP contribution is -2.15. The van der Waals surface area contributed by atoms with Crippen molar-refractivity contribution in [3.8, 4) is 0 Å². The molecule has 1 aromatic carbocycles. The monoisotopic (exact) mass is 244 g/mol. The molecule has 5 nitrogen and oxygen atoms in total. The van der Waals surface area contributed by atoms with E-state index in [1.165, 1.54) is 0 Å². The van der Waals surface area contributed by atoms with E-state index in [0.29, 0.717) is 19.5 Å². The van der Waals surface area contributed by atoms with Crippen LogP contribution in [0.3, 0.4) is 0 Å². The molecule has 0 saturated carbocycles. The zero-order chi connectivity index (χ0) is 12.8. The summed E-state index contributed by atoms with van der Waals surface area (Å²) >= 11 is 0. The van der Waals surface area contributed by atoms with E-state index in [4.69, 9.17) is 5.73 Å². The molecular weight excluding hydrogens is 228 g/mol. The summed E-state index contributed by atoms with van der Waals surface area (Å²) in [4.78, 5) is 15.7. The molecular formula is C13H16N4O. The number of aryl methyl sites for hydroxylation is 1. The third-order valence-electron chi connectivity index (χ3n) is 2.67. The van der Waals surface area contributed by atoms with Crippen LogP contribution < -0.4 is 11.1 Å². The van der Waals surface area contributed by atoms with Crippen molar-refractivity contribution < 1.29 is 4.79 Å². The first-order chi connectivity index (χ1) is 8.79. The van der Waals surface area contributed by atoms with E-state index in [1.54, 1.807) is 12.5 Å². The van der Waals surface area contributed by atoms with Crippen molar-refractivity contribution in [2.75, 3.05) is 5.32 Å². The fourth-order valence-corrected chi connectivity index (χ4v) is 1.68. The second-order valence-electron chi connectivity index (χ2n) is 3.96. The zero-order valence-corrected chi connectivity index (χ0v) is 10.0. The maximum absolute atomic E-state index is 11.8. The Labute approximate surface area is 106 Å². The van der Waals surface area contributed by atoms with Gasteiger partial charge in [-0.2, -0.15) is 0 Å². The van der Waals surface area contributed by atoms with Gasteiger partial charge in [-0.15, -0.1) is 0 Å². The fraction of sp³-hybridized carbons (Fsp3) is 0.231. The van der Waals surface area contributed by atoms with Crippen molar-refractivity contribution in [3.63, 3.8) is 0 Å². The summed E-state index contributed by atoms with van der Waals surface area (Å²) in [5, 5.41) is 2.87. The minimum absolute atomic E-state index is 0.0235. The van der Waals surface area contributed by atoms with Gasteiger partial charge >= 0.3 is 0 Å². The van der Waals surface area contributed by atoms with E-state index in [1.807, 2.05) is 35.0 Å². The lowest BCUT2D eigenvalue weighted by molar-refractivity contribution is -0.116. The number of nitrogens with two attached hydrogens (primary N) is 1. The Bertz CT molecular complexity index is 507. The van der Waals surface area contributed by atoms with Crippen LogP contribution in [0.1, 0.15) is 12.0 Å². The van der Waals surface area contributed by atoms with Crippen LogP contribution in [0.5, 0.6) is 0 Å². The minimum atomic E-state index is -0.0235. The highest BCUT2D eigenvalue weighted by molar-refractivity contribution is 5.91. The van der Waals surface area contributed by atoms with Gasteiger partial charge in [0.2, 0.25) is 5.91 Å². The molecule has 94 valence electrons. The van der Waals surface area contributed by atoms with Gasteiger partial charge in [0.05, 0.1) is 6.33 Å². The first-order valence-electron chi connectivity index (χ1n) is 5.83. The van der Waals surface area contributed by atoms with Crippen molar-refractivity contribution in [3.05, 3.63) is 48.5 Å². The maximum Gasteiger partial charge on any atom is 0.226 e. The molecule has 5 heteroatoms. The summed E-state index contributed by atoms with van der Waals surface area (Å²) < 4.78 is 1.87. The fourth-order valence-electron chi connectivity index (χ4n) is 1.68. The molecule has 0 aliphatic heterocycles. The van der Waals surface area contributed by atoms with E-state index in [0.717, 1.165) is 11.3 Å². The van der Waals surface area contributed by atoms with Crippen molar-refractivity contribution in [2.45, 2.75) is 19.5 Å². The van der Waals surface area contributed by atoms with Gasteiger partial charge in [0.25, 0.3) is 0 Å². The number of para-hydroxylation sites is 1. The van der Waals surface area contributed by atoms with Gasteiger partial charge in [-0.3, -0.25) is 4.79 Å². The average Bonchev–Trinajstić information content (AvgIpc) is 2.90. The van der Waals surface area contributed by atoms with E-state index in [2.05, 4.69) is 10.3 Å². The number of hydrogen-bond donors (Lipinski definition) is 2. The third kappa shape index (κ3) is 3.18. The minimum Gasteiger partial charge on any atom is -0.337 e. The predicted molar refractivity (Wildman–Crippen MR) is 69.8 cm³/mol. The van der Waals surface area contributed by atoms with Crippen molar-refractivity contribution in [1.29, 1.82) is 0 Å². The second kappa shape index (κ2) is 5.97. The summed E-state index contributed by atoms with van der Waals surface area (Å²) in [5.41, 5.74) is 7.34. The number of hydrogen-bond acceptors (Lipinski definition) is 3. The Morgan fingerprint density at radius 2 is 2.22 bits per heavy atom. The molecule has 0 radical (unpaired) electrons. The van der Waals surface area contributed by atoms with Crippen LogP contribution in [0, 0.1) is 0 Å². The largest absolute Gasteiger partial charge is 0.337 e. The first kappa shape index (κ1) is 12.3. The highest BCUT2D eigenvalue weighted by Crippen LogP contribution is 2.14. The molecule has 0 unspecified atom stereocenters. The summed E-state index contributed by atoms with van der Waals surface area (Å²) in [6.07, 6.45) is 5.64. The third-order valence-corrected chi connectivity index (χ3v) is 2.67. The van der Waals surface area contributed by atoms with E-state index >= 15 is 0 Å². The van der Waals surface area contributed by atoms with Gasteiger partial charge in [0.15, 0.2) is 0 Å². The number of amides is 1. The Morgan fingerprint density at radius 1 is 1.39 bits per heavy atom. The predicted octanol–water partition coefficient (Wildman–Crippen LogP) is 1.37. The number of aromatic nitrogens is 2. The van der Waals surface area contributed by atoms with Gasteiger partial charge < -0.3 is 15.6 Å². The summed E-state index contributed by atoms with van der Waals surface area (Å²) in [6, 6.07) is 7.55. The molecule has 2 rings (SSSR count). The number of carbonyl (C=O) groups excluding carboxylic acids is 1. The number of imidazole rings is 1. The van der Waals surface area contributed by atoms with E-state index < -0.39 is 0 Å². The molecule has 1 aromatic heterocycles. The van der Waals surface area contributed by atoms with Crippen molar-refractivity contribution in [2.24, 2.45) is 5.73 Å². The maximum atomic E-state index is 11.8. The smallest absolute Gasteiger partial charge is 0.226 e. The molecule has 2 aromatic rings. The van der Waals surface area contributed by atoms with Gasteiger partial charge in [-0.1, -0.05) is 18.2 Å². The van der Waals surface area contributed by atoms with Gasteiger partial charge in [-0.25, -0.2) is 4.98 Å². The highest BCUT2D eigenvalue weighted by atomic mass is 16.1. The van der Waals surface area contributed by atoms with Crippen LogP contribution >= 0.6 is 0 Å². The lowest BCUT2D eigenvalue weighted by Gasteiger charge is -2.09. The van der Waals surface area contributed by atoms with Crippen LogP contribution in [0.4, 0.5) is 5.69 Å². The lowest BCUT2D eigenvalue weighted by atomic mass is 10.2. The topological polar surface area (TPSA) is 72.9 Å². The van der Waals surface area contributed by atoms with Crippen LogP contribution in [0.2, 0.25) is 0 Å². The first-order valence-corrected chi connectivity index (χ1v) is 5.83. The molecule has 0 aliphatic carbocycles. The number of benzene rings is 1. The Hall–Kier alpha value is -2.14. The van der Waals surface area contributed by atoms with E-state index in [-0.39, 0.29) is 5.91 Å². The van der Waals surface area contributed by atoms with Crippen LogP contribution in [0.25, 0.3) is 0 Å². The van der Waals surface area contributed by atoms with Gasteiger partial charge in [0.1, 0.15) is 0 Å². The van der Waals surface area contributed by atoms with E-state index in [9.17, 15) is 4.79 Å². The summed E-state index contributed by atoms with van der Waals surface area (Å²) in [6.45, 7) is 1.04. The normalized spacial score (nSPS) is 10.3. The number of carbonyl (C=O) groups is 1. The Morgan fingerprint density at radius 3 is 2.94 bits per heavy atom. The zero-order valence-electron chi connectivity index (χ0n) is 10.0. The quantitative estimate of drug-likeness (QED) is 0.834. The number of rotatable bonds is 5.